The smallest absolute Gasteiger partial charge is 0.334 e. The molecule has 2 aromatic carbocycles. The fourth-order valence-electron chi connectivity index (χ4n) is 2.96. The first-order chi connectivity index (χ1) is 12.5. The van der Waals surface area contributed by atoms with Crippen molar-refractivity contribution in [3.8, 4) is 23.0 Å². The predicted molar refractivity (Wildman–Crippen MR) is 95.4 cm³/mol. The number of phenolic OH excluding ortho intramolecular Hbond substituents is 2. The second-order valence-electron chi connectivity index (χ2n) is 6.04. The van der Waals surface area contributed by atoms with Gasteiger partial charge in [-0.05, 0) is 47.9 Å². The van der Waals surface area contributed by atoms with E-state index in [9.17, 15) is 15.0 Å². The largest absolute Gasteiger partial charge is 0.504 e. The number of hydrogen-bond donors (Lipinski definition) is 2. The summed E-state index contributed by atoms with van der Waals surface area (Å²) in [5, 5.41) is 19.4. The number of phenols is 2. The number of methoxy groups -OCH3 is 2. The Morgan fingerprint density at radius 3 is 2.42 bits per heavy atom. The van der Waals surface area contributed by atoms with Crippen molar-refractivity contribution in [1.82, 2.24) is 0 Å². The number of hydrogen-bond acceptors (Lipinski definition) is 6. The first-order valence-corrected chi connectivity index (χ1v) is 8.13. The van der Waals surface area contributed by atoms with Gasteiger partial charge in [-0.15, -0.1) is 0 Å². The van der Waals surface area contributed by atoms with Crippen LogP contribution in [0.4, 0.5) is 0 Å². The first kappa shape index (κ1) is 17.7. The highest BCUT2D eigenvalue weighted by molar-refractivity contribution is 5.96. The number of ether oxygens (including phenoxy) is 3. The summed E-state index contributed by atoms with van der Waals surface area (Å²) in [4.78, 5) is 12.1. The van der Waals surface area contributed by atoms with Gasteiger partial charge in [0.2, 0.25) is 0 Å². The lowest BCUT2D eigenvalue weighted by Gasteiger charge is -2.11. The summed E-state index contributed by atoms with van der Waals surface area (Å²) in [5.74, 6) is 0.370. The van der Waals surface area contributed by atoms with Gasteiger partial charge >= 0.3 is 5.97 Å². The zero-order chi connectivity index (χ0) is 18.7. The van der Waals surface area contributed by atoms with Crippen molar-refractivity contribution in [2.24, 2.45) is 5.92 Å². The van der Waals surface area contributed by atoms with E-state index in [2.05, 4.69) is 0 Å². The molecule has 0 amide bonds. The van der Waals surface area contributed by atoms with Gasteiger partial charge in [0.1, 0.15) is 0 Å². The number of aromatic hydroxyl groups is 2. The summed E-state index contributed by atoms with van der Waals surface area (Å²) in [7, 11) is 2.96. The lowest BCUT2D eigenvalue weighted by Crippen LogP contribution is -2.07. The Kier molecular flexibility index (Phi) is 5.02. The van der Waals surface area contributed by atoms with E-state index in [1.54, 1.807) is 36.4 Å². The van der Waals surface area contributed by atoms with E-state index in [0.29, 0.717) is 30.1 Å². The number of esters is 1. The van der Waals surface area contributed by atoms with E-state index in [4.69, 9.17) is 14.2 Å². The van der Waals surface area contributed by atoms with Gasteiger partial charge < -0.3 is 24.4 Å². The number of cyclic esters (lactones) is 1. The van der Waals surface area contributed by atoms with Gasteiger partial charge in [0.15, 0.2) is 23.0 Å². The Morgan fingerprint density at radius 2 is 1.73 bits per heavy atom. The van der Waals surface area contributed by atoms with E-state index >= 15 is 0 Å². The van der Waals surface area contributed by atoms with Crippen molar-refractivity contribution in [3.05, 3.63) is 53.1 Å². The van der Waals surface area contributed by atoms with Crippen molar-refractivity contribution < 1.29 is 29.2 Å². The van der Waals surface area contributed by atoms with E-state index in [1.165, 1.54) is 20.3 Å². The minimum absolute atomic E-state index is 0.0383. The molecule has 0 bridgehead atoms. The van der Waals surface area contributed by atoms with E-state index in [1.807, 2.05) is 0 Å². The molecule has 2 aromatic rings. The van der Waals surface area contributed by atoms with Gasteiger partial charge in [-0.2, -0.15) is 0 Å². The van der Waals surface area contributed by atoms with Gasteiger partial charge in [0.25, 0.3) is 0 Å². The lowest BCUT2D eigenvalue weighted by atomic mass is 9.92. The van der Waals surface area contributed by atoms with Crippen LogP contribution in [0, 0.1) is 5.92 Å². The van der Waals surface area contributed by atoms with Crippen LogP contribution >= 0.6 is 0 Å². The molecule has 0 radical (unpaired) electrons. The van der Waals surface area contributed by atoms with Crippen molar-refractivity contribution in [1.29, 1.82) is 0 Å². The second kappa shape index (κ2) is 7.39. The van der Waals surface area contributed by atoms with E-state index in [0.717, 1.165) is 11.1 Å². The van der Waals surface area contributed by atoms with Crippen LogP contribution in [-0.2, 0) is 16.0 Å². The van der Waals surface area contributed by atoms with Crippen LogP contribution < -0.4 is 9.47 Å². The maximum Gasteiger partial charge on any atom is 0.334 e. The molecule has 26 heavy (non-hydrogen) atoms. The third-order valence-electron chi connectivity index (χ3n) is 4.34. The maximum atomic E-state index is 12.1. The molecule has 1 aliphatic heterocycles. The minimum atomic E-state index is -0.354. The van der Waals surface area contributed by atoms with Crippen molar-refractivity contribution in [2.75, 3.05) is 20.8 Å². The van der Waals surface area contributed by atoms with Crippen molar-refractivity contribution >= 4 is 12.0 Å². The fourth-order valence-corrected chi connectivity index (χ4v) is 2.96. The fraction of sp³-hybridized carbons (Fsp3) is 0.250. The zero-order valence-electron chi connectivity index (χ0n) is 14.6. The molecular formula is C20H20O6. The van der Waals surface area contributed by atoms with Gasteiger partial charge in [0.05, 0.1) is 20.8 Å². The normalized spacial score (nSPS) is 18.0. The van der Waals surface area contributed by atoms with Crippen molar-refractivity contribution in [3.63, 3.8) is 0 Å². The van der Waals surface area contributed by atoms with Crippen LogP contribution in [0.2, 0.25) is 0 Å². The topological polar surface area (TPSA) is 85.2 Å². The Morgan fingerprint density at radius 1 is 1.08 bits per heavy atom. The first-order valence-electron chi connectivity index (χ1n) is 8.13. The number of carbonyl (C=O) groups is 1. The zero-order valence-corrected chi connectivity index (χ0v) is 14.6. The molecule has 2 N–H and O–H groups in total. The molecule has 1 aliphatic rings. The van der Waals surface area contributed by atoms with Crippen LogP contribution in [0.1, 0.15) is 11.1 Å². The summed E-state index contributed by atoms with van der Waals surface area (Å²) in [6.07, 6.45) is 2.32. The molecule has 6 nitrogen and oxygen atoms in total. The molecule has 1 fully saturated rings. The molecule has 1 heterocycles. The average molecular weight is 356 g/mol. The van der Waals surface area contributed by atoms with Gasteiger partial charge in [-0.1, -0.05) is 12.1 Å². The van der Waals surface area contributed by atoms with Crippen LogP contribution in [0.25, 0.3) is 6.08 Å². The quantitative estimate of drug-likeness (QED) is 0.633. The predicted octanol–water partition coefficient (Wildman–Crippen LogP) is 2.91. The molecule has 0 aromatic heterocycles. The standard InChI is InChI=1S/C20H20O6/c1-24-18-9-12(3-5-16(18)21)7-14-11-26-20(23)15(14)8-13-4-6-17(22)19(10-13)25-2/h3-6,8-10,14,21-22H,7,11H2,1-2H3. The molecule has 0 aliphatic carbocycles. The Labute approximate surface area is 151 Å². The third kappa shape index (κ3) is 3.59. The molecule has 3 rings (SSSR count). The summed E-state index contributed by atoms with van der Waals surface area (Å²) in [6.45, 7) is 0.295. The van der Waals surface area contributed by atoms with E-state index in [-0.39, 0.29) is 23.4 Å². The molecule has 1 unspecified atom stereocenters. The highest BCUT2D eigenvalue weighted by atomic mass is 16.5. The van der Waals surface area contributed by atoms with Crippen LogP contribution in [0.3, 0.4) is 0 Å². The molecular weight excluding hydrogens is 336 g/mol. The van der Waals surface area contributed by atoms with Crippen LogP contribution in [-0.4, -0.2) is 37.0 Å². The Bertz CT molecular complexity index is 855. The number of carbonyl (C=O) groups excluding carboxylic acids is 1. The average Bonchev–Trinajstić information content (AvgIpc) is 2.98. The van der Waals surface area contributed by atoms with Gasteiger partial charge in [0, 0.05) is 11.5 Å². The molecule has 136 valence electrons. The summed E-state index contributed by atoms with van der Waals surface area (Å²) in [5.41, 5.74) is 2.23. The van der Waals surface area contributed by atoms with Gasteiger partial charge in [-0.25, -0.2) is 4.79 Å². The second-order valence-corrected chi connectivity index (χ2v) is 6.04. The van der Waals surface area contributed by atoms with Gasteiger partial charge in [-0.3, -0.25) is 0 Å². The lowest BCUT2D eigenvalue weighted by molar-refractivity contribution is -0.135. The summed E-state index contributed by atoms with van der Waals surface area (Å²) in [6, 6.07) is 10.00. The summed E-state index contributed by atoms with van der Waals surface area (Å²) >= 11 is 0. The maximum absolute atomic E-state index is 12.1. The molecule has 1 atom stereocenters. The highest BCUT2D eigenvalue weighted by Gasteiger charge is 2.30. The summed E-state index contributed by atoms with van der Waals surface area (Å²) < 4.78 is 15.4. The van der Waals surface area contributed by atoms with Crippen LogP contribution in [0.5, 0.6) is 23.0 Å². The van der Waals surface area contributed by atoms with Crippen molar-refractivity contribution in [2.45, 2.75) is 6.42 Å². The monoisotopic (exact) mass is 356 g/mol. The SMILES string of the molecule is COc1cc(C=C2C(=O)OCC2Cc2ccc(O)c(OC)c2)ccc1O. The Balaban J connectivity index is 1.87. The number of benzene rings is 2. The van der Waals surface area contributed by atoms with Crippen LogP contribution in [0.15, 0.2) is 42.0 Å². The molecule has 0 spiro atoms. The molecule has 1 saturated heterocycles. The Hall–Kier alpha value is -3.15. The van der Waals surface area contributed by atoms with E-state index < -0.39 is 0 Å². The minimum Gasteiger partial charge on any atom is -0.504 e. The third-order valence-corrected chi connectivity index (χ3v) is 4.34. The molecule has 6 heteroatoms. The highest BCUT2D eigenvalue weighted by Crippen LogP contribution is 2.33. The molecule has 0 saturated carbocycles. The number of rotatable bonds is 5.